The lowest BCUT2D eigenvalue weighted by atomic mass is 9.85. The lowest BCUT2D eigenvalue weighted by Crippen LogP contribution is -2.43. The van der Waals surface area contributed by atoms with E-state index in [4.69, 9.17) is 28.9 Å². The van der Waals surface area contributed by atoms with Crippen LogP contribution < -0.4 is 20.6 Å². The summed E-state index contributed by atoms with van der Waals surface area (Å²) in [4.78, 5) is 67.1. The number of ether oxygens (including phenoxy) is 4. The van der Waals surface area contributed by atoms with E-state index in [1.54, 1.807) is 13.0 Å². The van der Waals surface area contributed by atoms with Crippen molar-refractivity contribution in [1.29, 1.82) is 0 Å². The van der Waals surface area contributed by atoms with Crippen LogP contribution >= 0.6 is 0 Å². The highest BCUT2D eigenvalue weighted by atomic mass is 16.6. The SMILES string of the molecule is CCc1c(C)c(-c2cc3c(c(=O)[nH]2)COC(=O)C3CC)nc2ccc(OC/C=C/COc3ccc4nc(-c5cc6c(c(=O)[nH]5)COC(=O)C6(O)CC)c(C)c(CC)c4c3)cc12. The van der Waals surface area contributed by atoms with Gasteiger partial charge in [-0.25, -0.2) is 14.8 Å². The van der Waals surface area contributed by atoms with E-state index < -0.39 is 23.0 Å². The number of aromatic amines is 2. The molecular formula is C48H48N4O9. The number of cyclic esters (lactones) is 2. The van der Waals surface area contributed by atoms with Gasteiger partial charge < -0.3 is 34.0 Å². The van der Waals surface area contributed by atoms with Gasteiger partial charge in [0.25, 0.3) is 11.1 Å². The van der Waals surface area contributed by atoms with Crippen LogP contribution in [0.2, 0.25) is 0 Å². The average Bonchev–Trinajstić information content (AvgIpc) is 3.25. The van der Waals surface area contributed by atoms with Crippen LogP contribution in [0.25, 0.3) is 44.6 Å². The number of H-pyrrole nitrogens is 2. The molecular weight excluding hydrogens is 777 g/mol. The van der Waals surface area contributed by atoms with Gasteiger partial charge in [0.15, 0.2) is 5.60 Å². The van der Waals surface area contributed by atoms with Gasteiger partial charge in [-0.2, -0.15) is 0 Å². The molecule has 13 nitrogen and oxygen atoms in total. The minimum Gasteiger partial charge on any atom is -0.490 e. The molecule has 4 aromatic heterocycles. The van der Waals surface area contributed by atoms with Crippen molar-refractivity contribution in [1.82, 2.24) is 19.9 Å². The van der Waals surface area contributed by atoms with Crippen LogP contribution in [0.15, 0.2) is 70.3 Å². The fourth-order valence-electron chi connectivity index (χ4n) is 8.73. The second-order valence-corrected chi connectivity index (χ2v) is 15.5. The molecule has 6 heterocycles. The zero-order valence-electron chi connectivity index (χ0n) is 35.1. The fraction of sp³-hybridized carbons (Fsp3) is 0.333. The third-order valence-corrected chi connectivity index (χ3v) is 12.1. The summed E-state index contributed by atoms with van der Waals surface area (Å²) < 4.78 is 22.6. The Morgan fingerprint density at radius 1 is 0.738 bits per heavy atom. The molecule has 2 aromatic carbocycles. The predicted molar refractivity (Wildman–Crippen MR) is 231 cm³/mol. The van der Waals surface area contributed by atoms with Crippen LogP contribution in [0, 0.1) is 13.8 Å². The Hall–Kier alpha value is -6.60. The number of esters is 2. The van der Waals surface area contributed by atoms with Gasteiger partial charge in [0.05, 0.1) is 50.9 Å². The van der Waals surface area contributed by atoms with Gasteiger partial charge >= 0.3 is 11.9 Å². The summed E-state index contributed by atoms with van der Waals surface area (Å²) >= 11 is 0. The molecule has 8 rings (SSSR count). The van der Waals surface area contributed by atoms with Gasteiger partial charge in [-0.15, -0.1) is 0 Å². The molecule has 2 aliphatic heterocycles. The van der Waals surface area contributed by atoms with Crippen molar-refractivity contribution in [3.63, 3.8) is 0 Å². The van der Waals surface area contributed by atoms with Gasteiger partial charge in [-0.3, -0.25) is 14.4 Å². The Balaban J connectivity index is 0.959. The number of aryl methyl sites for hydroxylation is 2. The van der Waals surface area contributed by atoms with Crippen molar-refractivity contribution in [2.75, 3.05) is 13.2 Å². The Morgan fingerprint density at radius 2 is 1.26 bits per heavy atom. The Bertz CT molecular complexity index is 2910. The molecule has 0 saturated carbocycles. The number of nitrogens with one attached hydrogen (secondary N) is 2. The molecule has 314 valence electrons. The first-order chi connectivity index (χ1) is 29.4. The van der Waals surface area contributed by atoms with Crippen molar-refractivity contribution < 1.29 is 33.6 Å². The highest BCUT2D eigenvalue weighted by Crippen LogP contribution is 2.38. The normalized spacial score (nSPS) is 17.3. The molecule has 2 unspecified atom stereocenters. The van der Waals surface area contributed by atoms with Gasteiger partial charge in [0.2, 0.25) is 0 Å². The van der Waals surface area contributed by atoms with E-state index in [1.165, 1.54) is 0 Å². The van der Waals surface area contributed by atoms with Crippen molar-refractivity contribution in [3.05, 3.63) is 126 Å². The third kappa shape index (κ3) is 7.26. The molecule has 13 heteroatoms. The number of carbonyl (C=O) groups is 2. The third-order valence-electron chi connectivity index (χ3n) is 12.1. The number of carbonyl (C=O) groups excluding carboxylic acids is 2. The standard InChI is InChI=1S/C48H48N4O9/c1-7-29-25(5)42(40-21-32-31(9-3)46(55)60-23-35(32)44(53)51-40)49-38-15-13-27(19-33(29)38)58-17-11-12-18-59-28-14-16-39-34(20-28)30(8-2)26(6)43(50-39)41-22-37-36(45(54)52-41)24-61-47(56)48(37,57)10-4/h11-16,19-22,31,57H,7-10,17-18,23-24H2,1-6H3,(H,51,53)(H,52,54)/b12-11+. The minimum atomic E-state index is -1.91. The van der Waals surface area contributed by atoms with E-state index in [0.29, 0.717) is 77.0 Å². The van der Waals surface area contributed by atoms with E-state index in [1.807, 2.05) is 75.4 Å². The molecule has 0 amide bonds. The van der Waals surface area contributed by atoms with Gasteiger partial charge in [-0.05, 0) is 128 Å². The molecule has 0 aliphatic carbocycles. The topological polar surface area (TPSA) is 183 Å². The van der Waals surface area contributed by atoms with Crippen LogP contribution in [-0.2, 0) is 50.7 Å². The molecule has 0 saturated heterocycles. The summed E-state index contributed by atoms with van der Waals surface area (Å²) in [6.07, 6.45) is 5.83. The van der Waals surface area contributed by atoms with E-state index >= 15 is 0 Å². The number of benzene rings is 2. The number of aromatic nitrogens is 4. The zero-order valence-corrected chi connectivity index (χ0v) is 35.1. The number of pyridine rings is 4. The zero-order chi connectivity index (χ0) is 43.2. The monoisotopic (exact) mass is 824 g/mol. The number of aliphatic hydroxyl groups is 1. The molecule has 0 spiro atoms. The number of hydrogen-bond donors (Lipinski definition) is 3. The molecule has 2 aliphatic rings. The Labute approximate surface area is 351 Å². The second-order valence-electron chi connectivity index (χ2n) is 15.5. The van der Waals surface area contributed by atoms with E-state index in [2.05, 4.69) is 23.8 Å². The molecule has 61 heavy (non-hydrogen) atoms. The Morgan fingerprint density at radius 3 is 1.79 bits per heavy atom. The first-order valence-electron chi connectivity index (χ1n) is 20.8. The first-order valence-corrected chi connectivity index (χ1v) is 20.8. The van der Waals surface area contributed by atoms with Crippen LogP contribution in [0.3, 0.4) is 0 Å². The molecule has 6 aromatic rings. The molecule has 0 bridgehead atoms. The maximum absolute atomic E-state index is 13.1. The van der Waals surface area contributed by atoms with Crippen LogP contribution in [-0.4, -0.2) is 50.2 Å². The van der Waals surface area contributed by atoms with Gasteiger partial charge in [0.1, 0.15) is 37.9 Å². The first kappa shape index (κ1) is 41.1. The van der Waals surface area contributed by atoms with E-state index in [-0.39, 0.29) is 42.3 Å². The second kappa shape index (κ2) is 16.5. The largest absolute Gasteiger partial charge is 0.490 e. The number of rotatable bonds is 12. The fourth-order valence-corrected chi connectivity index (χ4v) is 8.73. The smallest absolute Gasteiger partial charge is 0.343 e. The van der Waals surface area contributed by atoms with Crippen LogP contribution in [0.4, 0.5) is 0 Å². The van der Waals surface area contributed by atoms with Crippen molar-refractivity contribution in [2.24, 2.45) is 0 Å². The minimum absolute atomic E-state index is 0.0279. The average molecular weight is 825 g/mol. The number of hydrogen-bond acceptors (Lipinski definition) is 11. The lowest BCUT2D eigenvalue weighted by Gasteiger charge is -2.31. The van der Waals surface area contributed by atoms with Crippen molar-refractivity contribution in [3.8, 4) is 34.3 Å². The highest BCUT2D eigenvalue weighted by Gasteiger charge is 2.44. The van der Waals surface area contributed by atoms with Crippen molar-refractivity contribution in [2.45, 2.75) is 92.0 Å². The maximum atomic E-state index is 13.1. The van der Waals surface area contributed by atoms with Gasteiger partial charge in [-0.1, -0.05) is 27.7 Å². The summed E-state index contributed by atoms with van der Waals surface area (Å²) in [5.74, 6) is -0.195. The number of fused-ring (bicyclic) bond motifs is 4. The summed E-state index contributed by atoms with van der Waals surface area (Å²) in [5.41, 5.74) is 6.75. The molecule has 0 fully saturated rings. The Kier molecular flexibility index (Phi) is 11.1. The molecule has 3 N–H and O–H groups in total. The molecule has 2 atom stereocenters. The van der Waals surface area contributed by atoms with Crippen molar-refractivity contribution >= 4 is 33.7 Å². The van der Waals surface area contributed by atoms with E-state index in [0.717, 1.165) is 45.0 Å². The van der Waals surface area contributed by atoms with Crippen LogP contribution in [0.5, 0.6) is 11.5 Å². The summed E-state index contributed by atoms with van der Waals surface area (Å²) in [6, 6.07) is 15.0. The number of nitrogens with zero attached hydrogens (tertiary/aromatic N) is 2. The summed E-state index contributed by atoms with van der Waals surface area (Å²) in [7, 11) is 0. The quantitative estimate of drug-likeness (QED) is 0.0823. The highest BCUT2D eigenvalue weighted by molar-refractivity contribution is 5.90. The van der Waals surface area contributed by atoms with Gasteiger partial charge in [0, 0.05) is 16.3 Å². The maximum Gasteiger partial charge on any atom is 0.343 e. The molecule has 0 radical (unpaired) electrons. The van der Waals surface area contributed by atoms with E-state index in [9.17, 15) is 24.3 Å². The summed E-state index contributed by atoms with van der Waals surface area (Å²) in [5, 5.41) is 13.1. The lowest BCUT2D eigenvalue weighted by molar-refractivity contribution is -0.172. The predicted octanol–water partition coefficient (Wildman–Crippen LogP) is 7.45. The van der Waals surface area contributed by atoms with Crippen LogP contribution in [0.1, 0.15) is 91.0 Å². The summed E-state index contributed by atoms with van der Waals surface area (Å²) in [6.45, 7) is 12.1.